The van der Waals surface area contributed by atoms with Gasteiger partial charge in [-0.15, -0.1) is 0 Å². The van der Waals surface area contributed by atoms with Crippen LogP contribution >= 0.6 is 12.2 Å². The molecule has 0 aromatic carbocycles. The summed E-state index contributed by atoms with van der Waals surface area (Å²) in [6.45, 7) is 2.54. The van der Waals surface area contributed by atoms with Crippen molar-refractivity contribution >= 4 is 17.1 Å². The molecule has 1 nitrogen and oxygen atoms in total. The van der Waals surface area contributed by atoms with Crippen molar-refractivity contribution in [3.8, 4) is 0 Å². The first-order valence-electron chi connectivity index (χ1n) is 2.79. The quantitative estimate of drug-likeness (QED) is 0.514. The number of hydrogen-bond acceptors (Lipinski definition) is 2. The fourth-order valence-electron chi connectivity index (χ4n) is 0.616. The average molecular weight is 140 g/mol. The van der Waals surface area contributed by atoms with E-state index in [9.17, 15) is 0 Å². The molecular formula is C7H8OS. The number of allylic oxidation sites excluding steroid dienone is 2. The van der Waals surface area contributed by atoms with E-state index in [0.29, 0.717) is 6.61 Å². The topological polar surface area (TPSA) is 9.23 Å². The molecule has 0 aliphatic carbocycles. The SMILES string of the molecule is CC(=S)C1=CC=COC1. The first kappa shape index (κ1) is 6.49. The molecule has 0 unspecified atom stereocenters. The van der Waals surface area contributed by atoms with E-state index in [1.807, 2.05) is 19.1 Å². The molecule has 0 saturated heterocycles. The normalized spacial score (nSPS) is 16.3. The van der Waals surface area contributed by atoms with Gasteiger partial charge in [0.2, 0.25) is 0 Å². The third-order valence-corrected chi connectivity index (χ3v) is 1.43. The fraction of sp³-hybridized carbons (Fsp3) is 0.286. The highest BCUT2D eigenvalue weighted by Gasteiger charge is 1.99. The summed E-state index contributed by atoms with van der Waals surface area (Å²) in [5.41, 5.74) is 1.10. The Morgan fingerprint density at radius 2 is 2.56 bits per heavy atom. The number of ether oxygens (including phenoxy) is 1. The average Bonchev–Trinajstić information content (AvgIpc) is 1.90. The van der Waals surface area contributed by atoms with Crippen LogP contribution in [0.3, 0.4) is 0 Å². The molecule has 0 radical (unpaired) electrons. The lowest BCUT2D eigenvalue weighted by molar-refractivity contribution is 0.281. The molecule has 2 heteroatoms. The van der Waals surface area contributed by atoms with E-state index in [0.717, 1.165) is 10.4 Å². The van der Waals surface area contributed by atoms with Crippen LogP contribution in [0.25, 0.3) is 0 Å². The zero-order chi connectivity index (χ0) is 6.69. The first-order chi connectivity index (χ1) is 4.30. The van der Waals surface area contributed by atoms with Gasteiger partial charge in [-0.2, -0.15) is 0 Å². The fourth-order valence-corrected chi connectivity index (χ4v) is 0.743. The summed E-state index contributed by atoms with van der Waals surface area (Å²) in [4.78, 5) is 0.916. The standard InChI is InChI=1S/C7H8OS/c1-6(9)7-3-2-4-8-5-7/h2-4H,5H2,1H3. The highest BCUT2D eigenvalue weighted by Crippen LogP contribution is 2.04. The maximum Gasteiger partial charge on any atom is 0.113 e. The minimum atomic E-state index is 0.631. The molecule has 1 rings (SSSR count). The molecule has 48 valence electrons. The molecule has 1 heterocycles. The van der Waals surface area contributed by atoms with Gasteiger partial charge in [0.1, 0.15) is 6.61 Å². The van der Waals surface area contributed by atoms with E-state index in [2.05, 4.69) is 0 Å². The summed E-state index contributed by atoms with van der Waals surface area (Å²) >= 11 is 4.93. The molecule has 0 atom stereocenters. The second kappa shape index (κ2) is 2.78. The minimum absolute atomic E-state index is 0.631. The maximum absolute atomic E-state index is 5.01. The maximum atomic E-state index is 5.01. The van der Waals surface area contributed by atoms with Crippen LogP contribution in [-0.4, -0.2) is 11.5 Å². The van der Waals surface area contributed by atoms with Gasteiger partial charge in [-0.1, -0.05) is 18.3 Å². The van der Waals surface area contributed by atoms with E-state index in [1.54, 1.807) is 6.26 Å². The summed E-state index contributed by atoms with van der Waals surface area (Å²) in [6.07, 6.45) is 5.50. The molecule has 0 aromatic rings. The predicted octanol–water partition coefficient (Wildman–Crippen LogP) is 1.85. The summed E-state index contributed by atoms with van der Waals surface area (Å²) in [5.74, 6) is 0. The molecule has 0 aromatic heterocycles. The summed E-state index contributed by atoms with van der Waals surface area (Å²) < 4.78 is 5.01. The molecular weight excluding hydrogens is 132 g/mol. The van der Waals surface area contributed by atoms with Gasteiger partial charge in [-0.3, -0.25) is 0 Å². The van der Waals surface area contributed by atoms with Crippen LogP contribution in [0, 0.1) is 0 Å². The summed E-state index contributed by atoms with van der Waals surface area (Å²) in [5, 5.41) is 0. The Bertz CT molecular complexity index is 179. The van der Waals surface area contributed by atoms with Crippen molar-refractivity contribution in [2.45, 2.75) is 6.92 Å². The van der Waals surface area contributed by atoms with Crippen LogP contribution in [0.2, 0.25) is 0 Å². The van der Waals surface area contributed by atoms with Gasteiger partial charge in [-0.05, 0) is 13.0 Å². The minimum Gasteiger partial charge on any atom is -0.496 e. The van der Waals surface area contributed by atoms with E-state index >= 15 is 0 Å². The van der Waals surface area contributed by atoms with Crippen molar-refractivity contribution < 1.29 is 4.74 Å². The van der Waals surface area contributed by atoms with Crippen molar-refractivity contribution in [1.29, 1.82) is 0 Å². The van der Waals surface area contributed by atoms with E-state index in [-0.39, 0.29) is 0 Å². The second-order valence-corrected chi connectivity index (χ2v) is 2.50. The van der Waals surface area contributed by atoms with Crippen LogP contribution in [0.5, 0.6) is 0 Å². The monoisotopic (exact) mass is 140 g/mol. The highest BCUT2D eigenvalue weighted by molar-refractivity contribution is 7.80. The molecule has 0 bridgehead atoms. The first-order valence-corrected chi connectivity index (χ1v) is 3.20. The zero-order valence-electron chi connectivity index (χ0n) is 5.26. The Morgan fingerprint density at radius 3 is 2.89 bits per heavy atom. The van der Waals surface area contributed by atoms with Crippen LogP contribution < -0.4 is 0 Å². The van der Waals surface area contributed by atoms with Gasteiger partial charge in [-0.25, -0.2) is 0 Å². The lowest BCUT2D eigenvalue weighted by atomic mass is 10.2. The number of thiocarbonyl (C=S) groups is 1. The molecule has 0 N–H and O–H groups in total. The van der Waals surface area contributed by atoms with E-state index < -0.39 is 0 Å². The van der Waals surface area contributed by atoms with Crippen molar-refractivity contribution in [3.05, 3.63) is 24.0 Å². The van der Waals surface area contributed by atoms with Crippen LogP contribution in [0.1, 0.15) is 6.92 Å². The molecule has 9 heavy (non-hydrogen) atoms. The Labute approximate surface area is 60.0 Å². The van der Waals surface area contributed by atoms with Gasteiger partial charge in [0.25, 0.3) is 0 Å². The van der Waals surface area contributed by atoms with Crippen molar-refractivity contribution in [3.63, 3.8) is 0 Å². The number of hydrogen-bond donors (Lipinski definition) is 0. The zero-order valence-corrected chi connectivity index (χ0v) is 6.07. The third-order valence-electron chi connectivity index (χ3n) is 1.16. The Morgan fingerprint density at radius 1 is 1.78 bits per heavy atom. The van der Waals surface area contributed by atoms with Crippen molar-refractivity contribution in [2.75, 3.05) is 6.61 Å². The van der Waals surface area contributed by atoms with E-state index in [4.69, 9.17) is 17.0 Å². The second-order valence-electron chi connectivity index (χ2n) is 1.89. The molecule has 0 amide bonds. The van der Waals surface area contributed by atoms with Gasteiger partial charge < -0.3 is 4.74 Å². The molecule has 0 spiro atoms. The van der Waals surface area contributed by atoms with Crippen molar-refractivity contribution in [1.82, 2.24) is 0 Å². The summed E-state index contributed by atoms with van der Waals surface area (Å²) in [6, 6.07) is 0. The lowest BCUT2D eigenvalue weighted by Gasteiger charge is -2.07. The third kappa shape index (κ3) is 1.64. The molecule has 0 fully saturated rings. The largest absolute Gasteiger partial charge is 0.496 e. The lowest BCUT2D eigenvalue weighted by Crippen LogP contribution is -2.03. The number of rotatable bonds is 1. The van der Waals surface area contributed by atoms with Crippen molar-refractivity contribution in [2.24, 2.45) is 0 Å². The molecule has 1 aliphatic heterocycles. The highest BCUT2D eigenvalue weighted by atomic mass is 32.1. The smallest absolute Gasteiger partial charge is 0.113 e. The predicted molar refractivity (Wildman–Crippen MR) is 41.4 cm³/mol. The van der Waals surface area contributed by atoms with Crippen LogP contribution in [0.4, 0.5) is 0 Å². The van der Waals surface area contributed by atoms with Gasteiger partial charge in [0, 0.05) is 10.4 Å². The Kier molecular flexibility index (Phi) is 2.01. The molecule has 0 saturated carbocycles. The van der Waals surface area contributed by atoms with Gasteiger partial charge in [0.15, 0.2) is 0 Å². The Hall–Kier alpha value is -0.630. The summed E-state index contributed by atoms with van der Waals surface area (Å²) in [7, 11) is 0. The van der Waals surface area contributed by atoms with E-state index in [1.165, 1.54) is 0 Å². The van der Waals surface area contributed by atoms with Crippen LogP contribution in [0.15, 0.2) is 24.0 Å². The van der Waals surface area contributed by atoms with Gasteiger partial charge in [0.05, 0.1) is 6.26 Å². The van der Waals surface area contributed by atoms with Crippen LogP contribution in [-0.2, 0) is 4.74 Å². The van der Waals surface area contributed by atoms with Gasteiger partial charge >= 0.3 is 0 Å². The molecule has 1 aliphatic rings. The Balaban J connectivity index is 2.68.